The maximum absolute atomic E-state index is 7.23. The second-order valence-electron chi connectivity index (χ2n) is 3.65. The third kappa shape index (κ3) is 2.23. The van der Waals surface area contributed by atoms with E-state index in [-0.39, 0.29) is 5.84 Å². The van der Waals surface area contributed by atoms with Gasteiger partial charge in [0.2, 0.25) is 0 Å². The predicted molar refractivity (Wildman–Crippen MR) is 59.1 cm³/mol. The molecule has 5 heteroatoms. The first-order valence-electron chi connectivity index (χ1n) is 4.71. The van der Waals surface area contributed by atoms with Crippen LogP contribution in [0.5, 0.6) is 0 Å². The fraction of sp³-hybridized carbons (Fsp3) is 0.556. The van der Waals surface area contributed by atoms with E-state index in [1.165, 1.54) is 12.8 Å². The van der Waals surface area contributed by atoms with E-state index in [0.29, 0.717) is 12.5 Å². The smallest absolute Gasteiger partial charge is 0.183 e. The van der Waals surface area contributed by atoms with Crippen molar-refractivity contribution in [1.29, 1.82) is 5.41 Å². The van der Waals surface area contributed by atoms with Gasteiger partial charge in [-0.15, -0.1) is 11.3 Å². The maximum atomic E-state index is 7.23. The molecule has 1 aromatic heterocycles. The number of aryl methyl sites for hydroxylation is 1. The number of nitrogens with one attached hydrogen (secondary N) is 2. The van der Waals surface area contributed by atoms with Gasteiger partial charge in [-0.05, 0) is 19.8 Å². The van der Waals surface area contributed by atoms with E-state index in [9.17, 15) is 0 Å². The summed E-state index contributed by atoms with van der Waals surface area (Å²) in [7, 11) is 0. The summed E-state index contributed by atoms with van der Waals surface area (Å²) < 4.78 is 0. The van der Waals surface area contributed by atoms with Crippen LogP contribution < -0.4 is 11.1 Å². The van der Waals surface area contributed by atoms with Gasteiger partial charge in [-0.2, -0.15) is 0 Å². The van der Waals surface area contributed by atoms with E-state index in [4.69, 9.17) is 11.1 Å². The van der Waals surface area contributed by atoms with Crippen LogP contribution in [0, 0.1) is 12.3 Å². The highest BCUT2D eigenvalue weighted by Gasteiger charge is 2.22. The first-order chi connectivity index (χ1) is 6.65. The van der Waals surface area contributed by atoms with Crippen molar-refractivity contribution in [3.05, 3.63) is 10.6 Å². The van der Waals surface area contributed by atoms with E-state index >= 15 is 0 Å². The zero-order valence-corrected chi connectivity index (χ0v) is 8.95. The van der Waals surface area contributed by atoms with Gasteiger partial charge in [0.1, 0.15) is 0 Å². The van der Waals surface area contributed by atoms with Crippen molar-refractivity contribution in [3.63, 3.8) is 0 Å². The molecule has 76 valence electrons. The van der Waals surface area contributed by atoms with Crippen molar-refractivity contribution in [3.8, 4) is 0 Å². The van der Waals surface area contributed by atoms with Crippen molar-refractivity contribution < 1.29 is 0 Å². The van der Waals surface area contributed by atoms with Crippen LogP contribution in [-0.2, 0) is 6.42 Å². The van der Waals surface area contributed by atoms with Crippen LogP contribution in [0.2, 0.25) is 0 Å². The van der Waals surface area contributed by atoms with Crippen LogP contribution in [0.25, 0.3) is 0 Å². The van der Waals surface area contributed by atoms with Gasteiger partial charge in [-0.25, -0.2) is 4.98 Å². The van der Waals surface area contributed by atoms with Crippen molar-refractivity contribution in [1.82, 2.24) is 4.98 Å². The van der Waals surface area contributed by atoms with Crippen LogP contribution in [-0.4, -0.2) is 16.9 Å². The molecule has 1 aliphatic rings. The monoisotopic (exact) mass is 210 g/mol. The van der Waals surface area contributed by atoms with Crippen LogP contribution in [0.4, 0.5) is 5.13 Å². The number of hydrogen-bond acceptors (Lipinski definition) is 4. The third-order valence-electron chi connectivity index (χ3n) is 2.15. The average molecular weight is 210 g/mol. The molecule has 1 saturated carbocycles. The lowest BCUT2D eigenvalue weighted by Crippen LogP contribution is -2.12. The van der Waals surface area contributed by atoms with Gasteiger partial charge in [0.15, 0.2) is 5.13 Å². The molecule has 4 nitrogen and oxygen atoms in total. The molecular weight excluding hydrogens is 196 g/mol. The Balaban J connectivity index is 2.07. The SMILES string of the molecule is Cc1nc(NC2CC2)sc1CC(=N)N. The molecule has 0 aromatic carbocycles. The normalized spacial score (nSPS) is 15.5. The number of amidine groups is 1. The second-order valence-corrected chi connectivity index (χ2v) is 4.73. The number of hydrogen-bond donors (Lipinski definition) is 3. The molecule has 0 spiro atoms. The molecule has 0 amide bonds. The Morgan fingerprint density at radius 3 is 3.00 bits per heavy atom. The molecule has 0 aliphatic heterocycles. The lowest BCUT2D eigenvalue weighted by molar-refractivity contribution is 1.11. The molecule has 0 unspecified atom stereocenters. The highest BCUT2D eigenvalue weighted by Crippen LogP contribution is 2.29. The molecule has 0 atom stereocenters. The lowest BCUT2D eigenvalue weighted by Gasteiger charge is -1.95. The molecule has 1 aromatic rings. The van der Waals surface area contributed by atoms with E-state index in [0.717, 1.165) is 15.7 Å². The van der Waals surface area contributed by atoms with Gasteiger partial charge in [0, 0.05) is 17.3 Å². The van der Waals surface area contributed by atoms with E-state index in [1.54, 1.807) is 11.3 Å². The van der Waals surface area contributed by atoms with Crippen molar-refractivity contribution >= 4 is 22.3 Å². The predicted octanol–water partition coefficient (Wildman–Crippen LogP) is 1.50. The third-order valence-corrected chi connectivity index (χ3v) is 3.24. The summed E-state index contributed by atoms with van der Waals surface area (Å²) in [6.45, 7) is 1.97. The summed E-state index contributed by atoms with van der Waals surface area (Å²) in [5.41, 5.74) is 6.35. The Labute approximate surface area is 87.1 Å². The molecule has 1 fully saturated rings. The van der Waals surface area contributed by atoms with Crippen LogP contribution in [0.3, 0.4) is 0 Å². The molecule has 1 aliphatic carbocycles. The quantitative estimate of drug-likeness (QED) is 0.521. The number of nitrogens with two attached hydrogens (primary N) is 1. The van der Waals surface area contributed by atoms with Crippen molar-refractivity contribution in [2.45, 2.75) is 32.2 Å². The topological polar surface area (TPSA) is 74.8 Å². The number of anilines is 1. The minimum absolute atomic E-state index is 0.203. The molecule has 14 heavy (non-hydrogen) atoms. The Hall–Kier alpha value is -1.10. The molecular formula is C9H14N4S. The summed E-state index contributed by atoms with van der Waals surface area (Å²) in [5.74, 6) is 0.203. The number of nitrogens with zero attached hydrogens (tertiary/aromatic N) is 1. The summed E-state index contributed by atoms with van der Waals surface area (Å²) in [6.07, 6.45) is 3.02. The minimum Gasteiger partial charge on any atom is -0.387 e. The standard InChI is InChI=1S/C9H14N4S/c1-5-7(4-8(10)11)14-9(12-5)13-6-2-3-6/h6H,2-4H2,1H3,(H3,10,11)(H,12,13). The van der Waals surface area contributed by atoms with E-state index in [1.807, 2.05) is 6.92 Å². The molecule has 0 bridgehead atoms. The molecule has 1 heterocycles. The zero-order chi connectivity index (χ0) is 10.1. The highest BCUT2D eigenvalue weighted by molar-refractivity contribution is 7.15. The minimum atomic E-state index is 0.203. The Morgan fingerprint density at radius 2 is 2.43 bits per heavy atom. The fourth-order valence-electron chi connectivity index (χ4n) is 1.23. The lowest BCUT2D eigenvalue weighted by atomic mass is 10.3. The molecule has 0 saturated heterocycles. The fourth-order valence-corrected chi connectivity index (χ4v) is 2.29. The molecule has 2 rings (SSSR count). The second kappa shape index (κ2) is 3.57. The Kier molecular flexibility index (Phi) is 2.41. The van der Waals surface area contributed by atoms with Crippen LogP contribution in [0.1, 0.15) is 23.4 Å². The van der Waals surface area contributed by atoms with Gasteiger partial charge < -0.3 is 11.1 Å². The van der Waals surface area contributed by atoms with Gasteiger partial charge in [0.25, 0.3) is 0 Å². The van der Waals surface area contributed by atoms with E-state index in [2.05, 4.69) is 10.3 Å². The Bertz CT molecular complexity index is 354. The molecule has 0 radical (unpaired) electrons. The zero-order valence-electron chi connectivity index (χ0n) is 8.13. The van der Waals surface area contributed by atoms with Gasteiger partial charge >= 0.3 is 0 Å². The van der Waals surface area contributed by atoms with Crippen LogP contribution >= 0.6 is 11.3 Å². The summed E-state index contributed by atoms with van der Waals surface area (Å²) in [5, 5.41) is 11.5. The maximum Gasteiger partial charge on any atom is 0.183 e. The van der Waals surface area contributed by atoms with Crippen molar-refractivity contribution in [2.75, 3.05) is 5.32 Å². The highest BCUT2D eigenvalue weighted by atomic mass is 32.1. The largest absolute Gasteiger partial charge is 0.387 e. The van der Waals surface area contributed by atoms with Gasteiger partial charge in [-0.3, -0.25) is 5.41 Å². The average Bonchev–Trinajstić information content (AvgIpc) is 2.79. The first kappa shape index (κ1) is 9.45. The molecule has 4 N–H and O–H groups in total. The van der Waals surface area contributed by atoms with Crippen LogP contribution in [0.15, 0.2) is 0 Å². The van der Waals surface area contributed by atoms with Gasteiger partial charge in [-0.1, -0.05) is 0 Å². The number of aromatic nitrogens is 1. The summed E-state index contributed by atoms with van der Waals surface area (Å²) >= 11 is 1.61. The summed E-state index contributed by atoms with van der Waals surface area (Å²) in [6, 6.07) is 0.630. The first-order valence-corrected chi connectivity index (χ1v) is 5.52. The summed E-state index contributed by atoms with van der Waals surface area (Å²) in [4.78, 5) is 5.50. The van der Waals surface area contributed by atoms with E-state index < -0.39 is 0 Å². The van der Waals surface area contributed by atoms with Crippen molar-refractivity contribution in [2.24, 2.45) is 5.73 Å². The number of thiazole rings is 1. The van der Waals surface area contributed by atoms with Gasteiger partial charge in [0.05, 0.1) is 11.5 Å². The Morgan fingerprint density at radius 1 is 1.71 bits per heavy atom. The number of rotatable bonds is 4.